The number of halogens is 2. The van der Waals surface area contributed by atoms with E-state index in [1.54, 1.807) is 12.1 Å². The molecule has 0 bridgehead atoms. The molecule has 0 spiro atoms. The fraction of sp³-hybridized carbons (Fsp3) is 0.278. The van der Waals surface area contributed by atoms with Crippen LogP contribution in [0.3, 0.4) is 0 Å². The summed E-state index contributed by atoms with van der Waals surface area (Å²) in [6, 6.07) is 11.6. The first-order valence-corrected chi connectivity index (χ1v) is 7.91. The molecule has 2 aromatic rings. The molecule has 2 aromatic carbocycles. The van der Waals surface area contributed by atoms with Crippen LogP contribution in [0.1, 0.15) is 21.5 Å². The zero-order valence-corrected chi connectivity index (χ0v) is 13.4. The monoisotopic (exact) mass is 333 g/mol. The van der Waals surface area contributed by atoms with E-state index >= 15 is 0 Å². The van der Waals surface area contributed by atoms with Crippen LogP contribution in [0, 0.1) is 5.82 Å². The number of rotatable bonds is 4. The van der Waals surface area contributed by atoms with Gasteiger partial charge in [0, 0.05) is 30.8 Å². The molecule has 0 atom stereocenters. The van der Waals surface area contributed by atoms with Gasteiger partial charge in [0.2, 0.25) is 0 Å². The van der Waals surface area contributed by atoms with Crippen LogP contribution < -0.4 is 0 Å². The van der Waals surface area contributed by atoms with Gasteiger partial charge in [-0.25, -0.2) is 4.39 Å². The lowest BCUT2D eigenvalue weighted by molar-refractivity contribution is 0.0341. The number of morpholine rings is 1. The SMILES string of the molecule is O=C(c1ccc(Cl)c(F)c1)c1ccccc1CN1CCOCC1. The van der Waals surface area contributed by atoms with Gasteiger partial charge in [-0.2, -0.15) is 0 Å². The number of carbonyl (C=O) groups excluding carboxylic acids is 1. The van der Waals surface area contributed by atoms with Crippen molar-refractivity contribution in [3.63, 3.8) is 0 Å². The van der Waals surface area contributed by atoms with Crippen LogP contribution in [0.2, 0.25) is 5.02 Å². The molecule has 0 amide bonds. The number of benzene rings is 2. The Labute approximate surface area is 139 Å². The second-order valence-electron chi connectivity index (χ2n) is 5.50. The molecule has 1 heterocycles. The van der Waals surface area contributed by atoms with Gasteiger partial charge >= 0.3 is 0 Å². The van der Waals surface area contributed by atoms with E-state index in [9.17, 15) is 9.18 Å². The van der Waals surface area contributed by atoms with Crippen molar-refractivity contribution in [2.75, 3.05) is 26.3 Å². The molecule has 23 heavy (non-hydrogen) atoms. The summed E-state index contributed by atoms with van der Waals surface area (Å²) in [5.74, 6) is -0.771. The lowest BCUT2D eigenvalue weighted by Gasteiger charge is -2.27. The Morgan fingerprint density at radius 1 is 1.17 bits per heavy atom. The molecule has 1 saturated heterocycles. The summed E-state index contributed by atoms with van der Waals surface area (Å²) in [5.41, 5.74) is 1.84. The first-order chi connectivity index (χ1) is 11.1. The van der Waals surface area contributed by atoms with Gasteiger partial charge in [-0.1, -0.05) is 35.9 Å². The van der Waals surface area contributed by atoms with E-state index in [0.717, 1.165) is 18.7 Å². The Bertz CT molecular complexity index is 714. The maximum absolute atomic E-state index is 13.6. The molecule has 5 heteroatoms. The normalized spacial score (nSPS) is 15.6. The highest BCUT2D eigenvalue weighted by atomic mass is 35.5. The van der Waals surface area contributed by atoms with Crippen molar-refractivity contribution in [1.82, 2.24) is 4.90 Å². The Kier molecular flexibility index (Phi) is 5.06. The minimum absolute atomic E-state index is 0.0168. The number of ketones is 1. The van der Waals surface area contributed by atoms with Gasteiger partial charge in [-0.15, -0.1) is 0 Å². The van der Waals surface area contributed by atoms with Gasteiger partial charge in [0.05, 0.1) is 18.2 Å². The summed E-state index contributed by atoms with van der Waals surface area (Å²) in [6.07, 6.45) is 0. The molecule has 1 aliphatic heterocycles. The summed E-state index contributed by atoms with van der Waals surface area (Å²) in [4.78, 5) is 15.0. The largest absolute Gasteiger partial charge is 0.379 e. The van der Waals surface area contributed by atoms with Gasteiger partial charge in [-0.3, -0.25) is 9.69 Å². The van der Waals surface area contributed by atoms with E-state index < -0.39 is 5.82 Å². The average Bonchev–Trinajstić information content (AvgIpc) is 2.58. The second-order valence-corrected chi connectivity index (χ2v) is 5.91. The molecule has 1 aliphatic rings. The summed E-state index contributed by atoms with van der Waals surface area (Å²) in [7, 11) is 0. The lowest BCUT2D eigenvalue weighted by Crippen LogP contribution is -2.36. The molecular weight excluding hydrogens is 317 g/mol. The van der Waals surface area contributed by atoms with Gasteiger partial charge in [0.15, 0.2) is 5.78 Å². The van der Waals surface area contributed by atoms with Crippen LogP contribution in [0.4, 0.5) is 4.39 Å². The average molecular weight is 334 g/mol. The van der Waals surface area contributed by atoms with Crippen LogP contribution in [0.5, 0.6) is 0 Å². The van der Waals surface area contributed by atoms with Crippen molar-refractivity contribution < 1.29 is 13.9 Å². The Morgan fingerprint density at radius 2 is 1.91 bits per heavy atom. The van der Waals surface area contributed by atoms with Crippen molar-refractivity contribution in [3.05, 3.63) is 70.0 Å². The smallest absolute Gasteiger partial charge is 0.193 e. The zero-order valence-electron chi connectivity index (χ0n) is 12.6. The van der Waals surface area contributed by atoms with Crippen molar-refractivity contribution in [3.8, 4) is 0 Å². The first-order valence-electron chi connectivity index (χ1n) is 7.53. The molecule has 1 fully saturated rings. The predicted molar refractivity (Wildman–Crippen MR) is 87.4 cm³/mol. The third-order valence-corrected chi connectivity index (χ3v) is 4.25. The van der Waals surface area contributed by atoms with Gasteiger partial charge in [0.1, 0.15) is 5.82 Å². The summed E-state index contributed by atoms with van der Waals surface area (Å²) in [6.45, 7) is 3.79. The number of ether oxygens (including phenoxy) is 1. The Morgan fingerprint density at radius 3 is 2.65 bits per heavy atom. The summed E-state index contributed by atoms with van der Waals surface area (Å²) in [5, 5.41) is 0.0168. The molecule has 0 aliphatic carbocycles. The number of carbonyl (C=O) groups is 1. The third kappa shape index (κ3) is 3.78. The fourth-order valence-corrected chi connectivity index (χ4v) is 2.79. The summed E-state index contributed by atoms with van der Waals surface area (Å²) >= 11 is 5.69. The van der Waals surface area contributed by atoms with Crippen LogP contribution in [-0.4, -0.2) is 37.0 Å². The van der Waals surface area contributed by atoms with Crippen molar-refractivity contribution >= 4 is 17.4 Å². The molecule has 0 radical (unpaired) electrons. The second kappa shape index (κ2) is 7.21. The van der Waals surface area contributed by atoms with E-state index in [2.05, 4.69) is 4.90 Å². The number of nitrogens with zero attached hydrogens (tertiary/aromatic N) is 1. The Balaban J connectivity index is 1.86. The summed E-state index contributed by atoms with van der Waals surface area (Å²) < 4.78 is 19.0. The fourth-order valence-electron chi connectivity index (χ4n) is 2.67. The van der Waals surface area contributed by atoms with Crippen molar-refractivity contribution in [1.29, 1.82) is 0 Å². The van der Waals surface area contributed by atoms with E-state index in [-0.39, 0.29) is 10.8 Å². The van der Waals surface area contributed by atoms with Crippen LogP contribution in [-0.2, 0) is 11.3 Å². The van der Waals surface area contributed by atoms with Crippen LogP contribution in [0.15, 0.2) is 42.5 Å². The van der Waals surface area contributed by atoms with E-state index in [1.807, 2.05) is 18.2 Å². The van der Waals surface area contributed by atoms with Crippen LogP contribution >= 0.6 is 11.6 Å². The molecule has 120 valence electrons. The quantitative estimate of drug-likeness (QED) is 0.801. The molecule has 3 nitrogen and oxygen atoms in total. The maximum Gasteiger partial charge on any atom is 0.193 e. The van der Waals surface area contributed by atoms with E-state index in [4.69, 9.17) is 16.3 Å². The number of hydrogen-bond acceptors (Lipinski definition) is 3. The van der Waals surface area contributed by atoms with Crippen molar-refractivity contribution in [2.24, 2.45) is 0 Å². The standard InChI is InChI=1S/C18H17ClFNO2/c19-16-6-5-13(11-17(16)20)18(22)15-4-2-1-3-14(15)12-21-7-9-23-10-8-21/h1-6,11H,7-10,12H2. The first kappa shape index (κ1) is 16.1. The van der Waals surface area contributed by atoms with Crippen molar-refractivity contribution in [2.45, 2.75) is 6.54 Å². The highest BCUT2D eigenvalue weighted by molar-refractivity contribution is 6.30. The van der Waals surface area contributed by atoms with Gasteiger partial charge in [0.25, 0.3) is 0 Å². The Hall–Kier alpha value is -1.75. The maximum atomic E-state index is 13.6. The molecule has 0 saturated carbocycles. The van der Waals surface area contributed by atoms with E-state index in [1.165, 1.54) is 12.1 Å². The predicted octanol–water partition coefficient (Wildman–Crippen LogP) is 3.54. The highest BCUT2D eigenvalue weighted by Gasteiger charge is 2.18. The third-order valence-electron chi connectivity index (χ3n) is 3.94. The molecule has 0 N–H and O–H groups in total. The molecule has 0 unspecified atom stereocenters. The lowest BCUT2D eigenvalue weighted by atomic mass is 9.98. The minimum atomic E-state index is -0.580. The molecule has 0 aromatic heterocycles. The topological polar surface area (TPSA) is 29.5 Å². The van der Waals surface area contributed by atoms with Crippen LogP contribution in [0.25, 0.3) is 0 Å². The zero-order chi connectivity index (χ0) is 16.2. The van der Waals surface area contributed by atoms with Gasteiger partial charge in [-0.05, 0) is 23.8 Å². The minimum Gasteiger partial charge on any atom is -0.379 e. The molecular formula is C18H17ClFNO2. The molecule has 3 rings (SSSR count). The van der Waals surface area contributed by atoms with E-state index in [0.29, 0.717) is 30.9 Å². The number of hydrogen-bond donors (Lipinski definition) is 0. The van der Waals surface area contributed by atoms with Gasteiger partial charge < -0.3 is 4.74 Å². The highest BCUT2D eigenvalue weighted by Crippen LogP contribution is 2.21.